The molecular formula is C16H26N2O3S. The molecule has 0 spiro atoms. The second-order valence-electron chi connectivity index (χ2n) is 5.99. The lowest BCUT2D eigenvalue weighted by molar-refractivity contribution is -0.139. The predicted molar refractivity (Wildman–Crippen MR) is 88.9 cm³/mol. The van der Waals surface area contributed by atoms with Crippen molar-refractivity contribution in [3.8, 4) is 0 Å². The third kappa shape index (κ3) is 5.02. The number of carbonyl (C=O) groups is 2. The van der Waals surface area contributed by atoms with Crippen molar-refractivity contribution in [2.45, 2.75) is 44.1 Å². The van der Waals surface area contributed by atoms with Crippen LogP contribution in [-0.4, -0.2) is 49.1 Å². The molecule has 2 amide bonds. The van der Waals surface area contributed by atoms with E-state index in [-0.39, 0.29) is 5.60 Å². The first-order valence-electron chi connectivity index (χ1n) is 8.02. The molecule has 1 atom stereocenters. The SMILES string of the molecule is CO[C@@]1(CNC(=O)C(=O)NCCC2=CCCCC2)CCSC1. The van der Waals surface area contributed by atoms with Gasteiger partial charge in [0.25, 0.3) is 0 Å². The van der Waals surface area contributed by atoms with Gasteiger partial charge in [0.2, 0.25) is 0 Å². The van der Waals surface area contributed by atoms with Crippen LogP contribution in [0.5, 0.6) is 0 Å². The molecule has 0 unspecified atom stereocenters. The molecule has 0 saturated carbocycles. The first-order chi connectivity index (χ1) is 10.7. The van der Waals surface area contributed by atoms with Crippen molar-refractivity contribution in [1.29, 1.82) is 0 Å². The fraction of sp³-hybridized carbons (Fsp3) is 0.750. The van der Waals surface area contributed by atoms with Gasteiger partial charge in [-0.2, -0.15) is 11.8 Å². The van der Waals surface area contributed by atoms with Gasteiger partial charge in [-0.15, -0.1) is 0 Å². The van der Waals surface area contributed by atoms with Gasteiger partial charge in [0.1, 0.15) is 0 Å². The van der Waals surface area contributed by atoms with E-state index in [1.807, 2.05) is 11.8 Å². The van der Waals surface area contributed by atoms with Crippen LogP contribution in [-0.2, 0) is 14.3 Å². The lowest BCUT2D eigenvalue weighted by Gasteiger charge is -2.26. The van der Waals surface area contributed by atoms with Crippen LogP contribution < -0.4 is 10.6 Å². The van der Waals surface area contributed by atoms with E-state index in [1.54, 1.807) is 7.11 Å². The Morgan fingerprint density at radius 2 is 2.14 bits per heavy atom. The summed E-state index contributed by atoms with van der Waals surface area (Å²) >= 11 is 1.81. The van der Waals surface area contributed by atoms with Crippen molar-refractivity contribution in [2.75, 3.05) is 31.7 Å². The largest absolute Gasteiger partial charge is 0.376 e. The molecule has 2 rings (SSSR count). The fourth-order valence-electron chi connectivity index (χ4n) is 2.83. The first kappa shape index (κ1) is 17.3. The van der Waals surface area contributed by atoms with E-state index in [4.69, 9.17) is 4.74 Å². The number of amides is 2. The Labute approximate surface area is 136 Å². The van der Waals surface area contributed by atoms with Crippen molar-refractivity contribution < 1.29 is 14.3 Å². The predicted octanol–water partition coefficient (Wildman–Crippen LogP) is 1.63. The molecule has 1 heterocycles. The number of ether oxygens (including phenoxy) is 1. The van der Waals surface area contributed by atoms with Crippen LogP contribution in [0.2, 0.25) is 0 Å². The van der Waals surface area contributed by atoms with Crippen LogP contribution in [0, 0.1) is 0 Å². The summed E-state index contributed by atoms with van der Waals surface area (Å²) in [6.45, 7) is 0.928. The maximum Gasteiger partial charge on any atom is 0.309 e. The molecular weight excluding hydrogens is 300 g/mol. The second-order valence-corrected chi connectivity index (χ2v) is 7.09. The molecule has 22 heavy (non-hydrogen) atoms. The molecule has 0 bridgehead atoms. The van der Waals surface area contributed by atoms with Crippen molar-refractivity contribution in [3.63, 3.8) is 0 Å². The monoisotopic (exact) mass is 326 g/mol. The number of hydrogen-bond donors (Lipinski definition) is 2. The van der Waals surface area contributed by atoms with Crippen LogP contribution in [0.1, 0.15) is 38.5 Å². The highest BCUT2D eigenvalue weighted by atomic mass is 32.2. The van der Waals surface area contributed by atoms with E-state index in [0.717, 1.165) is 37.2 Å². The molecule has 1 fully saturated rings. The third-order valence-corrected chi connectivity index (χ3v) is 5.62. The van der Waals surface area contributed by atoms with Crippen molar-refractivity contribution in [3.05, 3.63) is 11.6 Å². The summed E-state index contributed by atoms with van der Waals surface area (Å²) in [5.41, 5.74) is 1.08. The van der Waals surface area contributed by atoms with E-state index >= 15 is 0 Å². The van der Waals surface area contributed by atoms with Gasteiger partial charge in [0, 0.05) is 26.0 Å². The molecule has 0 aromatic carbocycles. The van der Waals surface area contributed by atoms with E-state index in [9.17, 15) is 9.59 Å². The quantitative estimate of drug-likeness (QED) is 0.575. The maximum absolute atomic E-state index is 11.8. The maximum atomic E-state index is 11.8. The minimum absolute atomic E-state index is 0.312. The molecule has 1 aliphatic carbocycles. The molecule has 0 radical (unpaired) electrons. The molecule has 6 heteroatoms. The number of rotatable bonds is 6. The van der Waals surface area contributed by atoms with Crippen molar-refractivity contribution in [2.24, 2.45) is 0 Å². The number of thioether (sulfide) groups is 1. The summed E-state index contributed by atoms with van der Waals surface area (Å²) in [7, 11) is 1.66. The van der Waals surface area contributed by atoms with Crippen molar-refractivity contribution in [1.82, 2.24) is 10.6 Å². The summed E-state index contributed by atoms with van der Waals surface area (Å²) in [5.74, 6) is 0.782. The van der Waals surface area contributed by atoms with Gasteiger partial charge in [-0.05, 0) is 44.3 Å². The fourth-order valence-corrected chi connectivity index (χ4v) is 4.23. The lowest BCUT2D eigenvalue weighted by Crippen LogP contribution is -2.48. The highest BCUT2D eigenvalue weighted by molar-refractivity contribution is 7.99. The summed E-state index contributed by atoms with van der Waals surface area (Å²) < 4.78 is 5.51. The van der Waals surface area contributed by atoms with E-state index in [1.165, 1.54) is 18.4 Å². The smallest absolute Gasteiger partial charge is 0.309 e. The zero-order valence-electron chi connectivity index (χ0n) is 13.3. The topological polar surface area (TPSA) is 67.4 Å². The Morgan fingerprint density at radius 3 is 2.77 bits per heavy atom. The number of carbonyl (C=O) groups excluding carboxylic acids is 2. The molecule has 1 aliphatic heterocycles. The van der Waals surface area contributed by atoms with Crippen LogP contribution in [0.4, 0.5) is 0 Å². The number of allylic oxidation sites excluding steroid dienone is 1. The average Bonchev–Trinajstić information content (AvgIpc) is 3.03. The molecule has 2 aliphatic rings. The van der Waals surface area contributed by atoms with Gasteiger partial charge in [0.05, 0.1) is 5.60 Å². The summed E-state index contributed by atoms with van der Waals surface area (Å²) in [6, 6.07) is 0. The van der Waals surface area contributed by atoms with Crippen LogP contribution in [0.15, 0.2) is 11.6 Å². The molecule has 124 valence electrons. The normalized spacial score (nSPS) is 24.7. The first-order valence-corrected chi connectivity index (χ1v) is 9.17. The minimum Gasteiger partial charge on any atom is -0.376 e. The molecule has 0 aromatic heterocycles. The highest BCUT2D eigenvalue weighted by Gasteiger charge is 2.35. The third-order valence-electron chi connectivity index (χ3n) is 4.39. The van der Waals surface area contributed by atoms with E-state index < -0.39 is 11.8 Å². The van der Waals surface area contributed by atoms with Gasteiger partial charge < -0.3 is 15.4 Å². The zero-order chi connectivity index (χ0) is 15.8. The summed E-state index contributed by atoms with van der Waals surface area (Å²) in [5, 5.41) is 5.40. The van der Waals surface area contributed by atoms with Gasteiger partial charge in [-0.1, -0.05) is 11.6 Å². The number of hydrogen-bond acceptors (Lipinski definition) is 4. The van der Waals surface area contributed by atoms with Crippen molar-refractivity contribution >= 4 is 23.6 Å². The Balaban J connectivity index is 1.66. The summed E-state index contributed by atoms with van der Waals surface area (Å²) in [4.78, 5) is 23.6. The number of nitrogens with one attached hydrogen (secondary N) is 2. The van der Waals surface area contributed by atoms with Crippen LogP contribution in [0.3, 0.4) is 0 Å². The van der Waals surface area contributed by atoms with Gasteiger partial charge in [0.15, 0.2) is 0 Å². The lowest BCUT2D eigenvalue weighted by atomic mass is 9.97. The van der Waals surface area contributed by atoms with Gasteiger partial charge >= 0.3 is 11.8 Å². The van der Waals surface area contributed by atoms with E-state index in [2.05, 4.69) is 16.7 Å². The molecule has 2 N–H and O–H groups in total. The molecule has 5 nitrogen and oxygen atoms in total. The standard InChI is InChI=1S/C16H26N2O3S/c1-21-16(8-10-22-12-16)11-18-15(20)14(19)17-9-7-13-5-3-2-4-6-13/h5H,2-4,6-12H2,1H3,(H,17,19)(H,18,20)/t16-/m1/s1. The highest BCUT2D eigenvalue weighted by Crippen LogP contribution is 2.30. The van der Waals surface area contributed by atoms with E-state index in [0.29, 0.717) is 13.1 Å². The zero-order valence-corrected chi connectivity index (χ0v) is 14.1. The average molecular weight is 326 g/mol. The van der Waals surface area contributed by atoms with Crippen LogP contribution >= 0.6 is 11.8 Å². The minimum atomic E-state index is -0.564. The van der Waals surface area contributed by atoms with Crippen LogP contribution in [0.25, 0.3) is 0 Å². The second kappa shape index (κ2) is 8.58. The Bertz CT molecular complexity index is 431. The number of methoxy groups -OCH3 is 1. The summed E-state index contributed by atoms with van der Waals surface area (Å²) in [6.07, 6.45) is 8.77. The Kier molecular flexibility index (Phi) is 6.76. The Morgan fingerprint density at radius 1 is 1.32 bits per heavy atom. The van der Waals surface area contributed by atoms with Gasteiger partial charge in [-0.25, -0.2) is 0 Å². The van der Waals surface area contributed by atoms with Gasteiger partial charge in [-0.3, -0.25) is 9.59 Å². The molecule has 0 aromatic rings. The molecule has 1 saturated heterocycles. The Hall–Kier alpha value is -1.01.